The molecule has 3 heterocycles. The highest BCUT2D eigenvalue weighted by atomic mass is 32.2. The lowest BCUT2D eigenvalue weighted by atomic mass is 9.88. The van der Waals surface area contributed by atoms with Gasteiger partial charge in [0.25, 0.3) is 0 Å². The number of hydrogen-bond donors (Lipinski definition) is 1. The molecule has 5 rings (SSSR count). The van der Waals surface area contributed by atoms with Crippen molar-refractivity contribution in [1.29, 1.82) is 0 Å². The molecule has 5 nitrogen and oxygen atoms in total. The summed E-state index contributed by atoms with van der Waals surface area (Å²) in [4.78, 5) is 2.29. The van der Waals surface area contributed by atoms with Crippen LogP contribution in [-0.2, 0) is 17.8 Å². The fourth-order valence-corrected chi connectivity index (χ4v) is 6.20. The molecule has 0 amide bonds. The summed E-state index contributed by atoms with van der Waals surface area (Å²) in [5.41, 5.74) is 8.76. The minimum Gasteiger partial charge on any atom is -0.370 e. The summed E-state index contributed by atoms with van der Waals surface area (Å²) < 4.78 is 49.1. The molecular weight excluding hydrogens is 413 g/mol. The molecule has 4 aliphatic rings. The summed E-state index contributed by atoms with van der Waals surface area (Å²) in [6.07, 6.45) is 5.67. The van der Waals surface area contributed by atoms with E-state index in [1.54, 1.807) is 0 Å². The Morgan fingerprint density at radius 3 is 2.73 bits per heavy atom. The van der Waals surface area contributed by atoms with Crippen molar-refractivity contribution in [3.63, 3.8) is 0 Å². The van der Waals surface area contributed by atoms with Gasteiger partial charge >= 0.3 is 0 Å². The molecule has 164 valence electrons. The van der Waals surface area contributed by atoms with Crippen LogP contribution in [0.4, 0.5) is 13.2 Å². The summed E-state index contributed by atoms with van der Waals surface area (Å²) in [6, 6.07) is -0.362. The first-order chi connectivity index (χ1) is 14.5. The molecular formula is C21H27F3N4OS. The van der Waals surface area contributed by atoms with Gasteiger partial charge < -0.3 is 10.5 Å². The minimum absolute atomic E-state index is 0.0992. The van der Waals surface area contributed by atoms with Crippen LogP contribution in [0.15, 0.2) is 29.5 Å². The third-order valence-corrected chi connectivity index (χ3v) is 7.85. The van der Waals surface area contributed by atoms with Crippen molar-refractivity contribution in [2.75, 3.05) is 6.61 Å². The van der Waals surface area contributed by atoms with Crippen LogP contribution in [0.25, 0.3) is 0 Å². The van der Waals surface area contributed by atoms with Crippen LogP contribution in [0, 0.1) is 0 Å². The maximum atomic E-state index is 14.2. The lowest BCUT2D eigenvalue weighted by molar-refractivity contribution is -0.0368. The highest BCUT2D eigenvalue weighted by Gasteiger charge is 2.39. The highest BCUT2D eigenvalue weighted by molar-refractivity contribution is 7.98. The van der Waals surface area contributed by atoms with Crippen LogP contribution in [0.3, 0.4) is 0 Å². The van der Waals surface area contributed by atoms with Gasteiger partial charge in [0, 0.05) is 54.7 Å². The van der Waals surface area contributed by atoms with Gasteiger partial charge in [0.2, 0.25) is 0 Å². The van der Waals surface area contributed by atoms with Gasteiger partial charge in [0.1, 0.15) is 11.7 Å². The molecule has 4 unspecified atom stereocenters. The summed E-state index contributed by atoms with van der Waals surface area (Å²) in [7, 11) is 0. The third-order valence-electron chi connectivity index (χ3n) is 6.67. The topological polar surface area (TPSA) is 56.3 Å². The Balaban J connectivity index is 1.19. The first kappa shape index (κ1) is 20.6. The predicted octanol–water partition coefficient (Wildman–Crippen LogP) is 3.94. The number of hydrogen-bond acceptors (Lipinski definition) is 5. The molecule has 1 aromatic rings. The zero-order chi connectivity index (χ0) is 20.8. The van der Waals surface area contributed by atoms with E-state index < -0.39 is 30.0 Å². The van der Waals surface area contributed by atoms with E-state index in [1.807, 2.05) is 16.0 Å². The van der Waals surface area contributed by atoms with Gasteiger partial charge in [-0.05, 0) is 36.8 Å². The summed E-state index contributed by atoms with van der Waals surface area (Å²) in [6.45, 7) is 1.93. The number of ether oxygens (including phenoxy) is 1. The van der Waals surface area contributed by atoms with E-state index in [-0.39, 0.29) is 18.0 Å². The van der Waals surface area contributed by atoms with Gasteiger partial charge in [-0.15, -0.1) is 0 Å². The van der Waals surface area contributed by atoms with Gasteiger partial charge in [-0.2, -0.15) is 5.10 Å². The molecule has 1 aromatic heterocycles. The first-order valence-corrected chi connectivity index (χ1v) is 11.6. The minimum atomic E-state index is -1.82. The molecule has 9 heteroatoms. The zero-order valence-corrected chi connectivity index (χ0v) is 17.6. The highest BCUT2D eigenvalue weighted by Crippen LogP contribution is 2.36. The smallest absolute Gasteiger partial charge is 0.155 e. The van der Waals surface area contributed by atoms with E-state index >= 15 is 0 Å². The van der Waals surface area contributed by atoms with Gasteiger partial charge in [0.05, 0.1) is 18.4 Å². The maximum absolute atomic E-state index is 14.2. The largest absolute Gasteiger partial charge is 0.370 e. The van der Waals surface area contributed by atoms with Crippen LogP contribution >= 0.6 is 11.9 Å². The summed E-state index contributed by atoms with van der Waals surface area (Å²) >= 11 is 1.83. The Kier molecular flexibility index (Phi) is 5.72. The van der Waals surface area contributed by atoms with Gasteiger partial charge in [-0.25, -0.2) is 17.3 Å². The molecule has 1 saturated carbocycles. The third kappa shape index (κ3) is 3.97. The average molecular weight is 441 g/mol. The Bertz CT molecular complexity index is 843. The second kappa shape index (κ2) is 8.33. The zero-order valence-electron chi connectivity index (χ0n) is 16.8. The van der Waals surface area contributed by atoms with Crippen LogP contribution in [0.2, 0.25) is 0 Å². The van der Waals surface area contributed by atoms with Gasteiger partial charge in [-0.3, -0.25) is 4.90 Å². The predicted molar refractivity (Wildman–Crippen MR) is 110 cm³/mol. The number of halogens is 3. The summed E-state index contributed by atoms with van der Waals surface area (Å²) in [5.74, 6) is -1.83. The van der Waals surface area contributed by atoms with Crippen molar-refractivity contribution in [2.45, 2.75) is 81.2 Å². The number of aromatic nitrogens is 2. The molecule has 0 bridgehead atoms. The van der Waals surface area contributed by atoms with Crippen LogP contribution in [0.5, 0.6) is 0 Å². The quantitative estimate of drug-likeness (QED) is 0.769. The lowest BCUT2D eigenvalue weighted by Crippen LogP contribution is -2.52. The Labute approximate surface area is 178 Å². The number of alkyl halides is 1. The number of fused-ring (bicyclic) bond motifs is 1. The number of nitrogens with zero attached hydrogens (tertiary/aromatic N) is 3. The second-order valence-electron chi connectivity index (χ2n) is 8.80. The van der Waals surface area contributed by atoms with Crippen LogP contribution in [0.1, 0.15) is 49.8 Å². The van der Waals surface area contributed by atoms with E-state index in [0.717, 1.165) is 18.8 Å². The molecule has 2 aliphatic carbocycles. The van der Waals surface area contributed by atoms with Crippen molar-refractivity contribution < 1.29 is 17.9 Å². The summed E-state index contributed by atoms with van der Waals surface area (Å²) in [5, 5.41) is 5.43. The molecule has 30 heavy (non-hydrogen) atoms. The van der Waals surface area contributed by atoms with Crippen molar-refractivity contribution in [3.8, 4) is 0 Å². The van der Waals surface area contributed by atoms with E-state index in [4.69, 9.17) is 15.6 Å². The van der Waals surface area contributed by atoms with Crippen molar-refractivity contribution in [1.82, 2.24) is 14.1 Å². The van der Waals surface area contributed by atoms with Crippen molar-refractivity contribution in [3.05, 3.63) is 40.8 Å². The standard InChI is InChI=1S/C21H27F3N4OS/c22-16-7-18(24)17(23)6-15(16)21-19(25)5-13(11-29-21)27-8-12-9-28(26-20(12)10-27)30-14-3-1-2-4-14/h7,9,13-14,17,19,21H,1-6,8,10-11,25H2. The van der Waals surface area contributed by atoms with E-state index in [2.05, 4.69) is 11.1 Å². The Hall–Kier alpha value is -1.29. The number of nitrogens with two attached hydrogens (primary N) is 1. The van der Waals surface area contributed by atoms with Crippen LogP contribution < -0.4 is 5.73 Å². The number of allylic oxidation sites excluding steroid dienone is 3. The fraction of sp³-hybridized carbons (Fsp3) is 0.667. The monoisotopic (exact) mass is 440 g/mol. The van der Waals surface area contributed by atoms with E-state index in [9.17, 15) is 13.2 Å². The first-order valence-electron chi connectivity index (χ1n) is 10.7. The maximum Gasteiger partial charge on any atom is 0.155 e. The van der Waals surface area contributed by atoms with Gasteiger partial charge in [-0.1, -0.05) is 12.8 Å². The van der Waals surface area contributed by atoms with Crippen molar-refractivity contribution in [2.24, 2.45) is 5.73 Å². The van der Waals surface area contributed by atoms with Gasteiger partial charge in [0.15, 0.2) is 6.17 Å². The molecule has 2 aliphatic heterocycles. The Morgan fingerprint density at radius 2 is 2.00 bits per heavy atom. The normalized spacial score (nSPS) is 33.3. The molecule has 2 fully saturated rings. The molecule has 0 radical (unpaired) electrons. The van der Waals surface area contributed by atoms with E-state index in [1.165, 1.54) is 31.2 Å². The molecule has 2 N–H and O–H groups in total. The second-order valence-corrected chi connectivity index (χ2v) is 10.1. The average Bonchev–Trinajstić information content (AvgIpc) is 3.42. The molecule has 0 aromatic carbocycles. The Morgan fingerprint density at radius 1 is 1.20 bits per heavy atom. The lowest BCUT2D eigenvalue weighted by Gasteiger charge is -2.40. The molecule has 4 atom stereocenters. The fourth-order valence-electron chi connectivity index (χ4n) is 5.01. The van der Waals surface area contributed by atoms with Crippen molar-refractivity contribution >= 4 is 11.9 Å². The number of rotatable bonds is 4. The SMILES string of the molecule is NC1CC(N2Cc3cn(SC4CCCC4)nc3C2)COC1C1=C(F)C=C(F)C(F)C1. The molecule has 0 spiro atoms. The molecule has 1 saturated heterocycles. The van der Waals surface area contributed by atoms with Crippen LogP contribution in [-0.4, -0.2) is 50.3 Å². The van der Waals surface area contributed by atoms with E-state index in [0.29, 0.717) is 24.4 Å².